The molecule has 0 rings (SSSR count). The number of aliphatic hydroxyl groups is 2. The number of unbranched alkanes of at least 4 members (excludes halogenated alkanes) is 27. The second-order valence-electron chi connectivity index (χ2n) is 15.4. The van der Waals surface area contributed by atoms with Gasteiger partial charge in [0.05, 0.1) is 19.8 Å². The van der Waals surface area contributed by atoms with Gasteiger partial charge in [0.15, 0.2) is 6.10 Å². The van der Waals surface area contributed by atoms with E-state index in [4.69, 9.17) is 23.6 Å². The summed E-state index contributed by atoms with van der Waals surface area (Å²) >= 11 is 0. The van der Waals surface area contributed by atoms with Crippen molar-refractivity contribution in [2.24, 2.45) is 0 Å². The van der Waals surface area contributed by atoms with E-state index in [0.29, 0.717) is 12.8 Å². The summed E-state index contributed by atoms with van der Waals surface area (Å²) in [6.45, 7) is 2.40. The number of aliphatic hydroxyl groups excluding tert-OH is 2. The predicted molar refractivity (Wildman–Crippen MR) is 224 cm³/mol. The molecule has 3 atom stereocenters. The molecule has 0 aliphatic rings. The standard InChI is InChI=1S/C44H85O10P/c1-3-5-7-9-11-13-15-17-18-19-20-21-22-24-25-27-29-31-33-35-43(47)51-39-42(40-53-55(49,50)52-38-41(46)37-45)54-44(48)36-34-32-30-28-26-23-16-14-12-10-8-6-4-2/h19-20,41-42,45-46H,3-18,21-40H2,1-2H3,(H,49,50)/b20-19-/t41-,42+/m0/s1. The lowest BCUT2D eigenvalue weighted by Crippen LogP contribution is -2.29. The molecule has 10 nitrogen and oxygen atoms in total. The smallest absolute Gasteiger partial charge is 0.462 e. The second kappa shape index (κ2) is 40.9. The average molecular weight is 805 g/mol. The van der Waals surface area contributed by atoms with Crippen LogP contribution in [0.3, 0.4) is 0 Å². The first-order valence-corrected chi connectivity index (χ1v) is 24.1. The molecule has 0 aromatic carbocycles. The van der Waals surface area contributed by atoms with Gasteiger partial charge in [-0.05, 0) is 38.5 Å². The minimum atomic E-state index is -4.61. The first-order chi connectivity index (χ1) is 26.7. The predicted octanol–water partition coefficient (Wildman–Crippen LogP) is 12.0. The third-order valence-corrected chi connectivity index (χ3v) is 10.9. The molecule has 0 fully saturated rings. The van der Waals surface area contributed by atoms with E-state index in [1.807, 2.05) is 0 Å². The molecule has 326 valence electrons. The second-order valence-corrected chi connectivity index (χ2v) is 16.9. The van der Waals surface area contributed by atoms with Crippen LogP contribution in [0.25, 0.3) is 0 Å². The van der Waals surface area contributed by atoms with Crippen LogP contribution >= 0.6 is 7.82 Å². The molecule has 0 spiro atoms. The molecule has 0 aliphatic heterocycles. The van der Waals surface area contributed by atoms with Gasteiger partial charge in [0.1, 0.15) is 12.7 Å². The van der Waals surface area contributed by atoms with Crippen molar-refractivity contribution in [3.8, 4) is 0 Å². The lowest BCUT2D eigenvalue weighted by molar-refractivity contribution is -0.161. The maximum absolute atomic E-state index is 12.6. The van der Waals surface area contributed by atoms with E-state index < -0.39 is 51.8 Å². The molecule has 55 heavy (non-hydrogen) atoms. The van der Waals surface area contributed by atoms with Crippen molar-refractivity contribution in [1.29, 1.82) is 0 Å². The molecule has 0 bridgehead atoms. The molecule has 0 saturated carbocycles. The number of carbonyl (C=O) groups excluding carboxylic acids is 2. The van der Waals surface area contributed by atoms with Crippen LogP contribution in [-0.4, -0.2) is 65.7 Å². The van der Waals surface area contributed by atoms with Gasteiger partial charge in [-0.15, -0.1) is 0 Å². The lowest BCUT2D eigenvalue weighted by Gasteiger charge is -2.20. The molecule has 0 aromatic heterocycles. The SMILES string of the molecule is CCCCCCCCCC/C=C\CCCCCCCCCC(=O)OC[C@H](COP(=O)(O)OC[C@@H](O)CO)OC(=O)CCCCCCCCCCCCCCC. The van der Waals surface area contributed by atoms with Crippen LogP contribution in [-0.2, 0) is 32.7 Å². The van der Waals surface area contributed by atoms with E-state index in [1.54, 1.807) is 0 Å². The number of hydrogen-bond donors (Lipinski definition) is 3. The zero-order valence-corrected chi connectivity index (χ0v) is 36.3. The monoisotopic (exact) mass is 805 g/mol. The summed E-state index contributed by atoms with van der Waals surface area (Å²) in [6.07, 6.45) is 38.9. The Hall–Kier alpha value is -1.29. The Labute approximate surface area is 336 Å². The van der Waals surface area contributed by atoms with Crippen molar-refractivity contribution >= 4 is 19.8 Å². The normalized spacial score (nSPS) is 13.9. The van der Waals surface area contributed by atoms with Crippen LogP contribution < -0.4 is 0 Å². The molecule has 0 heterocycles. The Morgan fingerprint density at radius 2 is 0.891 bits per heavy atom. The van der Waals surface area contributed by atoms with Gasteiger partial charge in [-0.3, -0.25) is 18.6 Å². The molecule has 0 amide bonds. The Morgan fingerprint density at radius 3 is 1.31 bits per heavy atom. The van der Waals surface area contributed by atoms with Gasteiger partial charge in [-0.25, -0.2) is 4.57 Å². The minimum Gasteiger partial charge on any atom is -0.462 e. The third kappa shape index (κ3) is 40.7. The topological polar surface area (TPSA) is 149 Å². The number of carbonyl (C=O) groups is 2. The average Bonchev–Trinajstić information content (AvgIpc) is 3.17. The van der Waals surface area contributed by atoms with Gasteiger partial charge in [0.2, 0.25) is 0 Å². The van der Waals surface area contributed by atoms with Crippen molar-refractivity contribution in [1.82, 2.24) is 0 Å². The molecule has 0 aliphatic carbocycles. The number of rotatable bonds is 43. The van der Waals surface area contributed by atoms with Gasteiger partial charge in [0.25, 0.3) is 0 Å². The van der Waals surface area contributed by atoms with E-state index in [2.05, 4.69) is 26.0 Å². The summed E-state index contributed by atoms with van der Waals surface area (Å²) in [6, 6.07) is 0. The minimum absolute atomic E-state index is 0.189. The zero-order chi connectivity index (χ0) is 40.5. The first-order valence-electron chi connectivity index (χ1n) is 22.6. The van der Waals surface area contributed by atoms with E-state index in [1.165, 1.54) is 135 Å². The largest absolute Gasteiger partial charge is 0.472 e. The van der Waals surface area contributed by atoms with Crippen LogP contribution in [0.2, 0.25) is 0 Å². The molecule has 11 heteroatoms. The Kier molecular flexibility index (Phi) is 39.9. The van der Waals surface area contributed by atoms with E-state index in [9.17, 15) is 24.2 Å². The summed E-state index contributed by atoms with van der Waals surface area (Å²) in [4.78, 5) is 35.0. The molecule has 1 unspecified atom stereocenters. The molecule has 3 N–H and O–H groups in total. The fourth-order valence-corrected chi connectivity index (χ4v) is 7.19. The fourth-order valence-electron chi connectivity index (χ4n) is 6.40. The highest BCUT2D eigenvalue weighted by molar-refractivity contribution is 7.47. The third-order valence-electron chi connectivity index (χ3n) is 9.92. The lowest BCUT2D eigenvalue weighted by atomic mass is 10.0. The van der Waals surface area contributed by atoms with Crippen molar-refractivity contribution in [3.05, 3.63) is 12.2 Å². The van der Waals surface area contributed by atoms with Crippen molar-refractivity contribution in [2.75, 3.05) is 26.4 Å². The van der Waals surface area contributed by atoms with Gasteiger partial charge >= 0.3 is 19.8 Å². The van der Waals surface area contributed by atoms with Crippen LogP contribution in [0.15, 0.2) is 12.2 Å². The highest BCUT2D eigenvalue weighted by Crippen LogP contribution is 2.43. The molecular formula is C44H85O10P. The maximum Gasteiger partial charge on any atom is 0.472 e. The quantitative estimate of drug-likeness (QED) is 0.0235. The van der Waals surface area contributed by atoms with Gasteiger partial charge in [0, 0.05) is 12.8 Å². The van der Waals surface area contributed by atoms with Crippen LogP contribution in [0.4, 0.5) is 0 Å². The van der Waals surface area contributed by atoms with E-state index >= 15 is 0 Å². The van der Waals surface area contributed by atoms with Gasteiger partial charge < -0.3 is 24.6 Å². The van der Waals surface area contributed by atoms with Crippen LogP contribution in [0.5, 0.6) is 0 Å². The Balaban J connectivity index is 4.21. The van der Waals surface area contributed by atoms with E-state index in [0.717, 1.165) is 44.9 Å². The van der Waals surface area contributed by atoms with Gasteiger partial charge in [-0.1, -0.05) is 180 Å². The number of allylic oxidation sites excluding steroid dienone is 2. The summed E-state index contributed by atoms with van der Waals surface area (Å²) in [7, 11) is -4.61. The highest BCUT2D eigenvalue weighted by Gasteiger charge is 2.27. The Morgan fingerprint density at radius 1 is 0.527 bits per heavy atom. The fraction of sp³-hybridized carbons (Fsp3) is 0.909. The summed E-state index contributed by atoms with van der Waals surface area (Å²) in [5, 5.41) is 18.3. The van der Waals surface area contributed by atoms with Crippen molar-refractivity contribution in [2.45, 2.75) is 232 Å². The highest BCUT2D eigenvalue weighted by atomic mass is 31.2. The van der Waals surface area contributed by atoms with E-state index in [-0.39, 0.29) is 19.4 Å². The number of phosphoric acid groups is 1. The number of hydrogen-bond acceptors (Lipinski definition) is 9. The number of phosphoric ester groups is 1. The summed E-state index contributed by atoms with van der Waals surface area (Å²) in [5.74, 6) is -0.919. The molecule has 0 saturated heterocycles. The van der Waals surface area contributed by atoms with Crippen molar-refractivity contribution in [3.63, 3.8) is 0 Å². The van der Waals surface area contributed by atoms with Crippen LogP contribution in [0, 0.1) is 0 Å². The first kappa shape index (κ1) is 53.7. The summed E-state index contributed by atoms with van der Waals surface area (Å²) < 4.78 is 32.7. The molecule has 0 aromatic rings. The van der Waals surface area contributed by atoms with Crippen molar-refractivity contribution < 1.29 is 47.8 Å². The number of ether oxygens (including phenoxy) is 2. The van der Waals surface area contributed by atoms with Gasteiger partial charge in [-0.2, -0.15) is 0 Å². The number of esters is 2. The Bertz CT molecular complexity index is 930. The molecular weight excluding hydrogens is 719 g/mol. The summed E-state index contributed by atoms with van der Waals surface area (Å²) in [5.41, 5.74) is 0. The zero-order valence-electron chi connectivity index (χ0n) is 35.4. The van der Waals surface area contributed by atoms with Crippen LogP contribution in [0.1, 0.15) is 219 Å². The maximum atomic E-state index is 12.6. The molecule has 0 radical (unpaired) electrons.